The molecule has 0 spiro atoms. The van der Waals surface area contributed by atoms with E-state index in [-0.39, 0.29) is 18.2 Å². The molecule has 0 radical (unpaired) electrons. The van der Waals surface area contributed by atoms with Crippen molar-refractivity contribution in [2.24, 2.45) is 0 Å². The molecule has 1 amide bonds. The van der Waals surface area contributed by atoms with E-state index in [4.69, 9.17) is 0 Å². The van der Waals surface area contributed by atoms with Crippen LogP contribution in [0.15, 0.2) is 42.5 Å². The van der Waals surface area contributed by atoms with Crippen LogP contribution in [0.25, 0.3) is 10.9 Å². The number of Topliss-reactive ketones (excluding diaryl/α,β-unsaturated/α-hetero) is 1. The molecular weight excluding hydrogens is 350 g/mol. The second kappa shape index (κ2) is 7.98. The van der Waals surface area contributed by atoms with Crippen molar-refractivity contribution < 1.29 is 9.59 Å². The molecule has 2 N–H and O–H groups in total. The molecule has 0 fully saturated rings. The van der Waals surface area contributed by atoms with Crippen LogP contribution < -0.4 is 5.32 Å². The summed E-state index contributed by atoms with van der Waals surface area (Å²) in [6.45, 7) is 7.84. The smallest absolute Gasteiger partial charge is 0.238 e. The maximum absolute atomic E-state index is 13.1. The topological polar surface area (TPSA) is 65.2 Å². The van der Waals surface area contributed by atoms with Gasteiger partial charge in [-0.25, -0.2) is 0 Å². The van der Waals surface area contributed by atoms with E-state index in [0.717, 1.165) is 33.4 Å². The van der Waals surface area contributed by atoms with Gasteiger partial charge in [0.25, 0.3) is 0 Å². The Labute approximate surface area is 165 Å². The Kier molecular flexibility index (Phi) is 5.66. The Bertz CT molecular complexity index is 1020. The third kappa shape index (κ3) is 3.85. The average Bonchev–Trinajstić information content (AvgIpc) is 2.99. The normalized spacial score (nSPS) is 12.4. The van der Waals surface area contributed by atoms with Crippen molar-refractivity contribution in [2.45, 2.75) is 33.7 Å². The molecule has 5 nitrogen and oxygen atoms in total. The highest BCUT2D eigenvalue weighted by Crippen LogP contribution is 2.24. The summed E-state index contributed by atoms with van der Waals surface area (Å²) in [7, 11) is 1.80. The average molecular weight is 377 g/mol. The highest BCUT2D eigenvalue weighted by Gasteiger charge is 2.25. The largest absolute Gasteiger partial charge is 0.358 e. The molecule has 0 aliphatic carbocycles. The van der Waals surface area contributed by atoms with E-state index in [9.17, 15) is 9.59 Å². The van der Waals surface area contributed by atoms with Gasteiger partial charge < -0.3 is 10.3 Å². The number of aryl methyl sites for hydroxylation is 3. The van der Waals surface area contributed by atoms with Gasteiger partial charge in [-0.1, -0.05) is 36.4 Å². The summed E-state index contributed by atoms with van der Waals surface area (Å²) in [5, 5.41) is 3.90. The second-order valence-corrected chi connectivity index (χ2v) is 7.44. The predicted octanol–water partition coefficient (Wildman–Crippen LogP) is 4.23. The molecule has 0 unspecified atom stereocenters. The van der Waals surface area contributed by atoms with Crippen LogP contribution in [0, 0.1) is 20.8 Å². The lowest BCUT2D eigenvalue weighted by Crippen LogP contribution is -2.41. The lowest BCUT2D eigenvalue weighted by molar-refractivity contribution is -0.117. The lowest BCUT2D eigenvalue weighted by Gasteiger charge is -2.23. The summed E-state index contributed by atoms with van der Waals surface area (Å²) >= 11 is 0. The standard InChI is InChI=1S/C23H27N3O2/c1-14-9-8-10-15(2)22(14)25-20(27)13-26(5)17(4)23(28)21-16(3)24-19-12-7-6-11-18(19)21/h6-12,17,24H,13H2,1-5H3,(H,25,27)/t17-/m1/s1. The lowest BCUT2D eigenvalue weighted by atomic mass is 10.0. The fourth-order valence-electron chi connectivity index (χ4n) is 3.56. The number of carbonyl (C=O) groups excluding carboxylic acids is 2. The van der Waals surface area contributed by atoms with Crippen molar-refractivity contribution in [2.75, 3.05) is 18.9 Å². The maximum atomic E-state index is 13.1. The summed E-state index contributed by atoms with van der Waals surface area (Å²) in [5.41, 5.74) is 5.39. The monoisotopic (exact) mass is 377 g/mol. The number of H-pyrrole nitrogens is 1. The third-order valence-electron chi connectivity index (χ3n) is 5.32. The van der Waals surface area contributed by atoms with E-state index in [1.165, 1.54) is 0 Å². The number of rotatable bonds is 6. The zero-order valence-corrected chi connectivity index (χ0v) is 17.1. The molecule has 1 heterocycles. The molecule has 1 atom stereocenters. The van der Waals surface area contributed by atoms with Crippen molar-refractivity contribution in [1.29, 1.82) is 0 Å². The number of nitrogens with zero attached hydrogens (tertiary/aromatic N) is 1. The number of hydrogen-bond acceptors (Lipinski definition) is 3. The Morgan fingerprint density at radius 1 is 1.04 bits per heavy atom. The van der Waals surface area contributed by atoms with Crippen LogP contribution in [0.4, 0.5) is 5.69 Å². The van der Waals surface area contributed by atoms with Crippen molar-refractivity contribution in [1.82, 2.24) is 9.88 Å². The number of anilines is 1. The zero-order chi connectivity index (χ0) is 20.4. The number of amides is 1. The molecule has 0 aliphatic rings. The molecule has 3 aromatic rings. The number of likely N-dealkylation sites (N-methyl/N-ethyl adjacent to an activating group) is 1. The van der Waals surface area contributed by atoms with Crippen molar-refractivity contribution in [3.8, 4) is 0 Å². The van der Waals surface area contributed by atoms with Gasteiger partial charge in [-0.15, -0.1) is 0 Å². The van der Waals surface area contributed by atoms with Crippen LogP contribution in [0.3, 0.4) is 0 Å². The molecule has 5 heteroatoms. The van der Waals surface area contributed by atoms with E-state index in [2.05, 4.69) is 10.3 Å². The van der Waals surface area contributed by atoms with Gasteiger partial charge in [0.1, 0.15) is 0 Å². The third-order valence-corrected chi connectivity index (χ3v) is 5.32. The summed E-state index contributed by atoms with van der Waals surface area (Å²) in [6, 6.07) is 13.3. The van der Waals surface area contributed by atoms with E-state index >= 15 is 0 Å². The predicted molar refractivity (Wildman–Crippen MR) is 114 cm³/mol. The molecule has 1 aromatic heterocycles. The number of nitrogens with one attached hydrogen (secondary N) is 2. The Morgan fingerprint density at radius 2 is 1.68 bits per heavy atom. The molecule has 28 heavy (non-hydrogen) atoms. The van der Waals surface area contributed by atoms with Crippen molar-refractivity contribution in [3.63, 3.8) is 0 Å². The first kappa shape index (κ1) is 19.8. The zero-order valence-electron chi connectivity index (χ0n) is 17.1. The van der Waals surface area contributed by atoms with Gasteiger partial charge in [0.2, 0.25) is 5.91 Å². The highest BCUT2D eigenvalue weighted by molar-refractivity contribution is 6.11. The summed E-state index contributed by atoms with van der Waals surface area (Å²) in [6.07, 6.45) is 0. The SMILES string of the molecule is Cc1cccc(C)c1NC(=O)CN(C)[C@H](C)C(=O)c1c(C)[nH]c2ccccc12. The van der Waals surface area contributed by atoms with Crippen LogP contribution in [-0.2, 0) is 4.79 Å². The number of aromatic amines is 1. The van der Waals surface area contributed by atoms with Gasteiger partial charge in [0.05, 0.1) is 12.6 Å². The van der Waals surface area contributed by atoms with Gasteiger partial charge in [0, 0.05) is 27.8 Å². The Morgan fingerprint density at radius 3 is 2.36 bits per heavy atom. The second-order valence-electron chi connectivity index (χ2n) is 7.44. The fourth-order valence-corrected chi connectivity index (χ4v) is 3.56. The van der Waals surface area contributed by atoms with Gasteiger partial charge in [-0.2, -0.15) is 0 Å². The van der Waals surface area contributed by atoms with E-state index in [1.807, 2.05) is 70.2 Å². The molecule has 2 aromatic carbocycles. The highest BCUT2D eigenvalue weighted by atomic mass is 16.2. The minimum atomic E-state index is -0.415. The van der Waals surface area contributed by atoms with Crippen molar-refractivity contribution in [3.05, 3.63) is 64.8 Å². The number of ketones is 1. The number of para-hydroxylation sites is 2. The fraction of sp³-hybridized carbons (Fsp3) is 0.304. The number of fused-ring (bicyclic) bond motifs is 1. The van der Waals surface area contributed by atoms with E-state index in [1.54, 1.807) is 11.9 Å². The Balaban J connectivity index is 1.73. The van der Waals surface area contributed by atoms with Gasteiger partial charge >= 0.3 is 0 Å². The van der Waals surface area contributed by atoms with Gasteiger partial charge in [-0.3, -0.25) is 14.5 Å². The summed E-state index contributed by atoms with van der Waals surface area (Å²) in [4.78, 5) is 30.7. The molecule has 3 rings (SSSR count). The first-order valence-corrected chi connectivity index (χ1v) is 9.47. The minimum Gasteiger partial charge on any atom is -0.358 e. The number of benzene rings is 2. The molecule has 0 bridgehead atoms. The van der Waals surface area contributed by atoms with Crippen molar-refractivity contribution >= 4 is 28.3 Å². The first-order valence-electron chi connectivity index (χ1n) is 9.47. The van der Waals surface area contributed by atoms with Crippen LogP contribution in [0.2, 0.25) is 0 Å². The van der Waals surface area contributed by atoms with Crippen LogP contribution in [0.1, 0.15) is 34.1 Å². The number of carbonyl (C=O) groups is 2. The number of hydrogen-bond donors (Lipinski definition) is 2. The molecule has 0 saturated heterocycles. The summed E-state index contributed by atoms with van der Waals surface area (Å²) in [5.74, 6) is -0.118. The maximum Gasteiger partial charge on any atom is 0.238 e. The quantitative estimate of drug-likeness (QED) is 0.632. The molecule has 0 aliphatic heterocycles. The van der Waals surface area contributed by atoms with Gasteiger partial charge in [-0.05, 0) is 51.9 Å². The van der Waals surface area contributed by atoms with Crippen LogP contribution in [-0.4, -0.2) is 41.2 Å². The molecule has 146 valence electrons. The van der Waals surface area contributed by atoms with E-state index < -0.39 is 6.04 Å². The Hall–Kier alpha value is -2.92. The molecule has 0 saturated carbocycles. The van der Waals surface area contributed by atoms with Gasteiger partial charge in [0.15, 0.2) is 5.78 Å². The first-order chi connectivity index (χ1) is 13.3. The molecular formula is C23H27N3O2. The van der Waals surface area contributed by atoms with Crippen LogP contribution in [0.5, 0.6) is 0 Å². The minimum absolute atomic E-state index is 0.0114. The van der Waals surface area contributed by atoms with Crippen LogP contribution >= 0.6 is 0 Å². The van der Waals surface area contributed by atoms with E-state index in [0.29, 0.717) is 5.56 Å². The summed E-state index contributed by atoms with van der Waals surface area (Å²) < 4.78 is 0. The number of aromatic nitrogens is 1.